The molecule has 0 aliphatic heterocycles. The molecule has 2 rings (SSSR count). The van der Waals surface area contributed by atoms with Gasteiger partial charge in [0.2, 0.25) is 5.88 Å². The molecule has 0 unspecified atom stereocenters. The summed E-state index contributed by atoms with van der Waals surface area (Å²) in [7, 11) is 0. The molecule has 3 N–H and O–H groups in total. The molecule has 0 amide bonds. The van der Waals surface area contributed by atoms with E-state index in [9.17, 15) is 0 Å². The van der Waals surface area contributed by atoms with E-state index in [0.29, 0.717) is 16.9 Å². The molecule has 5 nitrogen and oxygen atoms in total. The van der Waals surface area contributed by atoms with Gasteiger partial charge in [0.15, 0.2) is 5.16 Å². The predicted molar refractivity (Wildman–Crippen MR) is 82.4 cm³/mol. The maximum atomic E-state index is 5.95. The van der Waals surface area contributed by atoms with Crippen LogP contribution in [0, 0.1) is 20.8 Å². The predicted octanol–water partition coefficient (Wildman–Crippen LogP) is 3.20. The highest BCUT2D eigenvalue weighted by molar-refractivity contribution is 7.98. The number of hydrogen-bond donors (Lipinski definition) is 2. The van der Waals surface area contributed by atoms with Crippen LogP contribution < -0.4 is 16.0 Å². The summed E-state index contributed by atoms with van der Waals surface area (Å²) in [5, 5.41) is 0.610. The van der Waals surface area contributed by atoms with Gasteiger partial charge in [0.1, 0.15) is 11.6 Å². The Morgan fingerprint density at radius 2 is 1.85 bits per heavy atom. The SMILES string of the molecule is CSc1nc(NN)cc(Oc2c(C)ccc(C)c2C)n1. The van der Waals surface area contributed by atoms with Gasteiger partial charge in [-0.05, 0) is 43.7 Å². The van der Waals surface area contributed by atoms with E-state index in [1.165, 1.54) is 17.3 Å². The zero-order chi connectivity index (χ0) is 14.7. The molecule has 0 saturated heterocycles. The molecule has 0 aliphatic carbocycles. The van der Waals surface area contributed by atoms with Crippen LogP contribution in [0.5, 0.6) is 11.6 Å². The molecule has 0 bridgehead atoms. The highest BCUT2D eigenvalue weighted by atomic mass is 32.2. The van der Waals surface area contributed by atoms with Crippen molar-refractivity contribution in [3.05, 3.63) is 34.9 Å². The summed E-state index contributed by atoms with van der Waals surface area (Å²) in [5.74, 6) is 7.26. The molecule has 0 fully saturated rings. The van der Waals surface area contributed by atoms with E-state index in [1.807, 2.05) is 26.2 Å². The zero-order valence-corrected chi connectivity index (χ0v) is 12.8. The van der Waals surface area contributed by atoms with Crippen LogP contribution in [0.3, 0.4) is 0 Å². The van der Waals surface area contributed by atoms with Crippen molar-refractivity contribution in [3.63, 3.8) is 0 Å². The summed E-state index contributed by atoms with van der Waals surface area (Å²) in [4.78, 5) is 8.55. The van der Waals surface area contributed by atoms with Crippen molar-refractivity contribution in [2.24, 2.45) is 5.84 Å². The molecule has 0 saturated carbocycles. The van der Waals surface area contributed by atoms with Gasteiger partial charge in [-0.25, -0.2) is 10.8 Å². The topological polar surface area (TPSA) is 73.1 Å². The van der Waals surface area contributed by atoms with Gasteiger partial charge in [-0.15, -0.1) is 0 Å². The fourth-order valence-electron chi connectivity index (χ4n) is 1.81. The number of nitrogens with zero attached hydrogens (tertiary/aromatic N) is 2. The summed E-state index contributed by atoms with van der Waals surface area (Å²) in [6.07, 6.45) is 1.91. The molecular weight excluding hydrogens is 272 g/mol. The minimum Gasteiger partial charge on any atom is -0.438 e. The lowest BCUT2D eigenvalue weighted by Gasteiger charge is -2.13. The average molecular weight is 290 g/mol. The summed E-state index contributed by atoms with van der Waals surface area (Å²) < 4.78 is 5.95. The first-order valence-corrected chi connectivity index (χ1v) is 7.42. The van der Waals surface area contributed by atoms with Gasteiger partial charge in [-0.2, -0.15) is 4.98 Å². The molecule has 0 aliphatic rings. The van der Waals surface area contributed by atoms with Crippen LogP contribution in [-0.4, -0.2) is 16.2 Å². The second kappa shape index (κ2) is 6.11. The number of hydrazine groups is 1. The molecule has 1 aromatic heterocycles. The molecule has 0 atom stereocenters. The minimum atomic E-state index is 0.481. The number of benzene rings is 1. The van der Waals surface area contributed by atoms with E-state index in [2.05, 4.69) is 28.4 Å². The van der Waals surface area contributed by atoms with Gasteiger partial charge in [-0.1, -0.05) is 23.9 Å². The molecule has 0 radical (unpaired) electrons. The number of nitrogen functional groups attached to an aromatic ring is 1. The summed E-state index contributed by atoms with van der Waals surface area (Å²) >= 11 is 1.44. The van der Waals surface area contributed by atoms with Crippen molar-refractivity contribution in [2.45, 2.75) is 25.9 Å². The molecule has 6 heteroatoms. The fraction of sp³-hybridized carbons (Fsp3) is 0.286. The number of anilines is 1. The third kappa shape index (κ3) is 3.02. The summed E-state index contributed by atoms with van der Waals surface area (Å²) in [5.41, 5.74) is 5.88. The average Bonchev–Trinajstić information content (AvgIpc) is 2.47. The Labute approximate surface area is 122 Å². The van der Waals surface area contributed by atoms with Gasteiger partial charge >= 0.3 is 0 Å². The van der Waals surface area contributed by atoms with Crippen LogP contribution >= 0.6 is 11.8 Å². The maximum absolute atomic E-state index is 5.95. The number of rotatable bonds is 4. The van der Waals surface area contributed by atoms with Crippen LogP contribution in [-0.2, 0) is 0 Å². The first-order chi connectivity index (χ1) is 9.55. The Kier molecular flexibility index (Phi) is 4.46. The maximum Gasteiger partial charge on any atom is 0.225 e. The Bertz CT molecular complexity index is 609. The van der Waals surface area contributed by atoms with Crippen molar-refractivity contribution >= 4 is 17.6 Å². The van der Waals surface area contributed by atoms with Gasteiger partial charge in [0.25, 0.3) is 0 Å². The molecule has 2 aromatic rings. The number of hydrogen-bond acceptors (Lipinski definition) is 6. The first kappa shape index (κ1) is 14.6. The van der Waals surface area contributed by atoms with Crippen molar-refractivity contribution < 1.29 is 4.74 Å². The number of thioether (sulfide) groups is 1. The second-order valence-corrected chi connectivity index (χ2v) is 5.25. The smallest absolute Gasteiger partial charge is 0.225 e. The molecule has 20 heavy (non-hydrogen) atoms. The van der Waals surface area contributed by atoms with Gasteiger partial charge in [0.05, 0.1) is 0 Å². The Morgan fingerprint density at radius 1 is 1.15 bits per heavy atom. The number of ether oxygens (including phenoxy) is 1. The highest BCUT2D eigenvalue weighted by Gasteiger charge is 2.10. The van der Waals surface area contributed by atoms with Crippen molar-refractivity contribution in [3.8, 4) is 11.6 Å². The largest absolute Gasteiger partial charge is 0.438 e. The Hall–Kier alpha value is -1.79. The van der Waals surface area contributed by atoms with Gasteiger partial charge in [0, 0.05) is 6.07 Å². The molecule has 106 valence electrons. The fourth-order valence-corrected chi connectivity index (χ4v) is 2.18. The zero-order valence-electron chi connectivity index (χ0n) is 12.0. The first-order valence-electron chi connectivity index (χ1n) is 6.19. The lowest BCUT2D eigenvalue weighted by Crippen LogP contribution is -2.09. The molecular formula is C14H18N4OS. The molecule has 0 spiro atoms. The minimum absolute atomic E-state index is 0.481. The van der Waals surface area contributed by atoms with Crippen LogP contribution in [0.2, 0.25) is 0 Å². The lowest BCUT2D eigenvalue weighted by molar-refractivity contribution is 0.449. The number of nitrogens with one attached hydrogen (secondary N) is 1. The van der Waals surface area contributed by atoms with E-state index in [0.717, 1.165) is 16.9 Å². The van der Waals surface area contributed by atoms with E-state index < -0.39 is 0 Å². The summed E-state index contributed by atoms with van der Waals surface area (Å²) in [6.45, 7) is 6.11. The summed E-state index contributed by atoms with van der Waals surface area (Å²) in [6, 6.07) is 5.80. The van der Waals surface area contributed by atoms with E-state index in [4.69, 9.17) is 10.6 Å². The van der Waals surface area contributed by atoms with E-state index in [-0.39, 0.29) is 0 Å². The Balaban J connectivity index is 2.42. The lowest BCUT2D eigenvalue weighted by atomic mass is 10.1. The van der Waals surface area contributed by atoms with Crippen LogP contribution in [0.25, 0.3) is 0 Å². The second-order valence-electron chi connectivity index (χ2n) is 4.48. The third-order valence-electron chi connectivity index (χ3n) is 3.09. The number of aromatic nitrogens is 2. The van der Waals surface area contributed by atoms with Crippen LogP contribution in [0.15, 0.2) is 23.4 Å². The van der Waals surface area contributed by atoms with E-state index in [1.54, 1.807) is 6.07 Å². The quantitative estimate of drug-likeness (QED) is 0.390. The van der Waals surface area contributed by atoms with Crippen molar-refractivity contribution in [1.29, 1.82) is 0 Å². The number of nitrogens with two attached hydrogens (primary N) is 1. The standard InChI is InChI=1S/C14H18N4OS/c1-8-5-6-9(2)13(10(8)3)19-12-7-11(18-15)16-14(17-12)20-4/h5-7H,15H2,1-4H3,(H,16,17,18). The molecule has 1 heterocycles. The van der Waals surface area contributed by atoms with Crippen molar-refractivity contribution in [1.82, 2.24) is 9.97 Å². The van der Waals surface area contributed by atoms with Gasteiger partial charge in [-0.3, -0.25) is 0 Å². The van der Waals surface area contributed by atoms with E-state index >= 15 is 0 Å². The van der Waals surface area contributed by atoms with Crippen molar-refractivity contribution in [2.75, 3.05) is 11.7 Å². The van der Waals surface area contributed by atoms with Gasteiger partial charge < -0.3 is 10.2 Å². The molecule has 1 aromatic carbocycles. The normalized spacial score (nSPS) is 10.4. The highest BCUT2D eigenvalue weighted by Crippen LogP contribution is 2.31. The Morgan fingerprint density at radius 3 is 2.50 bits per heavy atom. The van der Waals surface area contributed by atoms with Crippen LogP contribution in [0.4, 0.5) is 5.82 Å². The van der Waals surface area contributed by atoms with Crippen LogP contribution in [0.1, 0.15) is 16.7 Å². The third-order valence-corrected chi connectivity index (χ3v) is 3.64. The number of aryl methyl sites for hydroxylation is 2. The monoisotopic (exact) mass is 290 g/mol.